The largest absolute Gasteiger partial charge is 2.00 e. The summed E-state index contributed by atoms with van der Waals surface area (Å²) >= 11 is 1.55. The zero-order chi connectivity index (χ0) is 24.4. The smallest absolute Gasteiger partial charge is 0.465 e. The van der Waals surface area contributed by atoms with Crippen LogP contribution in [0.15, 0.2) is 11.1 Å². The summed E-state index contributed by atoms with van der Waals surface area (Å²) in [6.45, 7) is 3.50. The van der Waals surface area contributed by atoms with Crippen LogP contribution in [0.1, 0.15) is 13.8 Å². The quantitative estimate of drug-likeness (QED) is 0.241. The van der Waals surface area contributed by atoms with Crippen LogP contribution in [0.4, 0.5) is 0 Å². The first kappa shape index (κ1) is 34.3. The molecule has 0 heterocycles. The van der Waals surface area contributed by atoms with Gasteiger partial charge in [0.15, 0.2) is 0 Å². The average molecular weight is 582 g/mol. The summed E-state index contributed by atoms with van der Waals surface area (Å²) in [5.41, 5.74) is 2.14. The van der Waals surface area contributed by atoms with E-state index in [9.17, 15) is 9.59 Å². The summed E-state index contributed by atoms with van der Waals surface area (Å²) in [5.74, 6) is 0.716. The van der Waals surface area contributed by atoms with Crippen molar-refractivity contribution in [3.05, 3.63) is 139 Å². The number of esters is 1. The van der Waals surface area contributed by atoms with Gasteiger partial charge in [-0.15, -0.1) is 11.8 Å². The van der Waals surface area contributed by atoms with Gasteiger partial charge in [0.1, 0.15) is 11.7 Å². The van der Waals surface area contributed by atoms with Gasteiger partial charge in [0.2, 0.25) is 0 Å². The molecule has 4 fully saturated rings. The molecule has 5 aliphatic rings. The maximum absolute atomic E-state index is 12.6. The Bertz CT molecular complexity index is 637. The monoisotopic (exact) mass is 582 g/mol. The van der Waals surface area contributed by atoms with Crippen LogP contribution in [0.2, 0.25) is 0 Å². The third-order valence-corrected chi connectivity index (χ3v) is 6.89. The second kappa shape index (κ2) is 17.8. The van der Waals surface area contributed by atoms with Crippen molar-refractivity contribution < 1.29 is 48.5 Å². The summed E-state index contributed by atoms with van der Waals surface area (Å²) < 4.78 is 4.59. The molecule has 0 spiro atoms. The summed E-state index contributed by atoms with van der Waals surface area (Å²) in [4.78, 5) is 25.0. The van der Waals surface area contributed by atoms with Crippen LogP contribution in [-0.2, 0) is 48.5 Å². The Balaban J connectivity index is 0.000000448. The molecule has 1 unspecified atom stereocenters. The van der Waals surface area contributed by atoms with Crippen LogP contribution in [0.5, 0.6) is 0 Å². The molecule has 0 aromatic heterocycles. The van der Waals surface area contributed by atoms with Crippen LogP contribution < -0.4 is 0 Å². The molecule has 3 nitrogen and oxygen atoms in total. The number of carbonyl (C=O) groups is 2. The molecular formula is C30H30Fe2O3S+4. The van der Waals surface area contributed by atoms with Crippen molar-refractivity contribution in [1.82, 2.24) is 0 Å². The van der Waals surface area contributed by atoms with Gasteiger partial charge in [0.25, 0.3) is 0 Å². The van der Waals surface area contributed by atoms with Gasteiger partial charge in [-0.25, -0.2) is 0 Å². The maximum Gasteiger partial charge on any atom is 2.00 e. The Labute approximate surface area is 246 Å². The topological polar surface area (TPSA) is 43.4 Å². The SMILES string of the molecule is CCOC(=O)C(C(C)=O)C1(SC)C([C]2[CH][CH][CH][CH]2)=C1[C]1[CH][CH][CH][CH]1.[CH]1[CH][CH][CH][CH]1.[CH]1[CH][CH][CH][CH]1.[Fe+2].[Fe+2]. The molecule has 0 aliphatic heterocycles. The second-order valence-electron chi connectivity index (χ2n) is 7.76. The minimum absolute atomic E-state index is 0. The molecule has 1 atom stereocenters. The zero-order valence-electron chi connectivity index (χ0n) is 20.5. The van der Waals surface area contributed by atoms with Gasteiger partial charge in [0, 0.05) is 11.8 Å². The van der Waals surface area contributed by atoms with E-state index < -0.39 is 16.6 Å². The Morgan fingerprint density at radius 3 is 1.31 bits per heavy atom. The molecule has 0 bridgehead atoms. The predicted molar refractivity (Wildman–Crippen MR) is 138 cm³/mol. The van der Waals surface area contributed by atoms with Gasteiger partial charge in [-0.05, 0) is 147 Å². The Hall–Kier alpha value is 0.269. The number of carbonyl (C=O) groups excluding carboxylic acids is 2. The fourth-order valence-corrected chi connectivity index (χ4v) is 5.47. The maximum atomic E-state index is 12.6. The number of ether oxygens (including phenoxy) is 1. The number of ketones is 1. The first-order valence-corrected chi connectivity index (χ1v) is 12.5. The number of rotatable bonds is 7. The summed E-state index contributed by atoms with van der Waals surface area (Å²) in [5, 5.41) is 0. The Kier molecular flexibility index (Phi) is 16.9. The molecule has 0 N–H and O–H groups in total. The van der Waals surface area contributed by atoms with Crippen molar-refractivity contribution in [1.29, 1.82) is 0 Å². The van der Waals surface area contributed by atoms with E-state index in [2.05, 4.69) is 0 Å². The number of Topliss-reactive ketones (excluding diaryl/α,β-unsaturated/α-hetero) is 1. The molecule has 5 aliphatic carbocycles. The number of hydrogen-bond acceptors (Lipinski definition) is 4. The zero-order valence-corrected chi connectivity index (χ0v) is 23.5. The van der Waals surface area contributed by atoms with Crippen LogP contribution >= 0.6 is 11.8 Å². The summed E-state index contributed by atoms with van der Waals surface area (Å²) in [6.07, 6.45) is 38.0. The van der Waals surface area contributed by atoms with Crippen molar-refractivity contribution in [2.75, 3.05) is 12.9 Å². The molecule has 0 aromatic rings. The minimum atomic E-state index is -0.817. The molecule has 0 aromatic carbocycles. The van der Waals surface area contributed by atoms with Gasteiger partial charge in [-0.1, -0.05) is 0 Å². The molecule has 6 heteroatoms. The normalized spacial score (nSPS) is 23.4. The molecule has 0 saturated heterocycles. The fraction of sp³-hybridized carbons (Fsp3) is 0.200. The van der Waals surface area contributed by atoms with E-state index in [0.29, 0.717) is 0 Å². The Morgan fingerprint density at radius 1 is 0.722 bits per heavy atom. The first-order valence-electron chi connectivity index (χ1n) is 11.3. The van der Waals surface area contributed by atoms with Gasteiger partial charge >= 0.3 is 40.1 Å². The van der Waals surface area contributed by atoms with E-state index in [0.717, 1.165) is 23.0 Å². The molecule has 36 heavy (non-hydrogen) atoms. The molecular weight excluding hydrogens is 552 g/mol. The minimum Gasteiger partial charge on any atom is -0.465 e. The standard InChI is InChI=1S/C20H20O3S.2C5H5.2Fe/c1-4-23-19(22)16(13(2)21)20(24-3)17(14-9-5-6-10-14)18(20)15-11-7-8-12-15;2*1-2-4-5-3-1;;/h5-12,16H,4H2,1-3H3;2*1-5H;;/q;;;2*+2. The van der Waals surface area contributed by atoms with Crippen molar-refractivity contribution in [3.63, 3.8) is 0 Å². The van der Waals surface area contributed by atoms with E-state index in [1.807, 2.05) is 122 Å². The van der Waals surface area contributed by atoms with Crippen LogP contribution in [0.3, 0.4) is 0 Å². The molecule has 0 amide bonds. The number of thioether (sulfide) groups is 1. The average Bonchev–Trinajstić information content (AvgIpc) is 3.57. The predicted octanol–water partition coefficient (Wildman–Crippen LogP) is 5.02. The summed E-state index contributed by atoms with van der Waals surface area (Å²) in [6, 6.07) is 0. The van der Waals surface area contributed by atoms with Crippen molar-refractivity contribution in [3.8, 4) is 0 Å². The third kappa shape index (κ3) is 8.64. The van der Waals surface area contributed by atoms with Crippen LogP contribution in [0, 0.1) is 133 Å². The van der Waals surface area contributed by atoms with E-state index in [4.69, 9.17) is 4.74 Å². The molecule has 186 valence electrons. The van der Waals surface area contributed by atoms with Crippen molar-refractivity contribution in [2.45, 2.75) is 18.6 Å². The van der Waals surface area contributed by atoms with Gasteiger partial charge in [0.05, 0.1) is 11.4 Å². The van der Waals surface area contributed by atoms with E-state index in [1.165, 1.54) is 6.92 Å². The van der Waals surface area contributed by atoms with E-state index in [-0.39, 0.29) is 46.5 Å². The Morgan fingerprint density at radius 2 is 1.06 bits per heavy atom. The molecule has 5 rings (SSSR count). The van der Waals surface area contributed by atoms with Gasteiger partial charge < -0.3 is 4.74 Å². The van der Waals surface area contributed by atoms with Crippen LogP contribution in [-0.4, -0.2) is 29.4 Å². The van der Waals surface area contributed by atoms with Crippen LogP contribution in [0.25, 0.3) is 0 Å². The van der Waals surface area contributed by atoms with Crippen molar-refractivity contribution >= 4 is 23.5 Å². The van der Waals surface area contributed by atoms with E-state index in [1.54, 1.807) is 18.7 Å². The number of hydrogen-bond donors (Lipinski definition) is 0. The van der Waals surface area contributed by atoms with E-state index >= 15 is 0 Å². The third-order valence-electron chi connectivity index (χ3n) is 5.60. The molecule has 4 saturated carbocycles. The van der Waals surface area contributed by atoms with Gasteiger partial charge in [-0.3, -0.25) is 9.59 Å². The first-order chi connectivity index (χ1) is 16.6. The summed E-state index contributed by atoms with van der Waals surface area (Å²) in [7, 11) is 0. The van der Waals surface area contributed by atoms with Crippen molar-refractivity contribution in [2.24, 2.45) is 5.92 Å². The second-order valence-corrected chi connectivity index (χ2v) is 8.81. The fourth-order valence-electron chi connectivity index (χ4n) is 4.17. The molecule has 20 radical (unpaired) electrons. The van der Waals surface area contributed by atoms with Gasteiger partial charge in [-0.2, -0.15) is 0 Å².